The Morgan fingerprint density at radius 1 is 1.00 bits per heavy atom. The van der Waals surface area contributed by atoms with Gasteiger partial charge in [0.15, 0.2) is 0 Å². The third kappa shape index (κ3) is 6.24. The predicted molar refractivity (Wildman–Crippen MR) is 133 cm³/mol. The molecule has 1 aliphatic heterocycles. The Morgan fingerprint density at radius 2 is 1.70 bits per heavy atom. The number of carboxylic acids is 1. The number of rotatable bonds is 11. The van der Waals surface area contributed by atoms with Gasteiger partial charge in [0, 0.05) is 43.2 Å². The Morgan fingerprint density at radius 3 is 2.39 bits per heavy atom. The summed E-state index contributed by atoms with van der Waals surface area (Å²) in [5.41, 5.74) is 5.25. The minimum absolute atomic E-state index is 0.194. The second-order valence-electron chi connectivity index (χ2n) is 9.07. The van der Waals surface area contributed by atoms with Gasteiger partial charge in [-0.15, -0.1) is 0 Å². The summed E-state index contributed by atoms with van der Waals surface area (Å²) in [7, 11) is 0. The number of hydrogen-bond donors (Lipinski definition) is 1. The minimum Gasteiger partial charge on any atom is -0.481 e. The third-order valence-corrected chi connectivity index (χ3v) is 6.89. The largest absolute Gasteiger partial charge is 0.481 e. The van der Waals surface area contributed by atoms with Crippen molar-refractivity contribution in [2.75, 3.05) is 32.8 Å². The van der Waals surface area contributed by atoms with E-state index in [-0.39, 0.29) is 6.42 Å². The first-order valence-corrected chi connectivity index (χ1v) is 12.3. The van der Waals surface area contributed by atoms with Gasteiger partial charge < -0.3 is 19.3 Å². The number of aromatic nitrogens is 1. The average Bonchev–Trinajstić information content (AvgIpc) is 3.21. The molecule has 0 spiro atoms. The van der Waals surface area contributed by atoms with Gasteiger partial charge in [0.05, 0.1) is 6.61 Å². The number of piperidine rings is 1. The van der Waals surface area contributed by atoms with E-state index in [0.717, 1.165) is 51.4 Å². The molecule has 3 aromatic rings. The molecule has 1 fully saturated rings. The fourth-order valence-corrected chi connectivity index (χ4v) is 4.97. The van der Waals surface area contributed by atoms with Crippen LogP contribution in [0.15, 0.2) is 54.7 Å². The molecule has 5 nitrogen and oxygen atoms in total. The van der Waals surface area contributed by atoms with Crippen molar-refractivity contribution in [3.05, 3.63) is 71.4 Å². The molecule has 0 amide bonds. The number of benzene rings is 2. The van der Waals surface area contributed by atoms with Gasteiger partial charge in [0.2, 0.25) is 0 Å². The topological polar surface area (TPSA) is 54.7 Å². The van der Waals surface area contributed by atoms with Gasteiger partial charge in [-0.2, -0.15) is 0 Å². The maximum Gasteiger partial charge on any atom is 0.303 e. The number of para-hydroxylation sites is 1. The summed E-state index contributed by atoms with van der Waals surface area (Å²) in [6.45, 7) is 7.83. The highest BCUT2D eigenvalue weighted by Crippen LogP contribution is 2.34. The summed E-state index contributed by atoms with van der Waals surface area (Å²) in [6.07, 6.45) is 6.61. The zero-order chi connectivity index (χ0) is 23.0. The van der Waals surface area contributed by atoms with Crippen LogP contribution in [-0.2, 0) is 28.9 Å². The molecular formula is C28H36N2O3. The van der Waals surface area contributed by atoms with Gasteiger partial charge in [-0.25, -0.2) is 0 Å². The number of ether oxygens (including phenoxy) is 1. The highest BCUT2D eigenvalue weighted by Gasteiger charge is 2.23. The second kappa shape index (κ2) is 11.5. The first-order valence-electron chi connectivity index (χ1n) is 12.3. The monoisotopic (exact) mass is 448 g/mol. The Labute approximate surface area is 197 Å². The zero-order valence-corrected chi connectivity index (χ0v) is 19.7. The zero-order valence-electron chi connectivity index (χ0n) is 19.7. The number of carboxylic acid groups (broad SMARTS) is 1. The van der Waals surface area contributed by atoms with E-state index in [1.807, 2.05) is 6.92 Å². The Hall–Kier alpha value is -2.63. The molecule has 33 heavy (non-hydrogen) atoms. The third-order valence-electron chi connectivity index (χ3n) is 6.89. The van der Waals surface area contributed by atoms with Gasteiger partial charge in [0.1, 0.15) is 0 Å². The fourth-order valence-electron chi connectivity index (χ4n) is 4.97. The molecule has 176 valence electrons. The van der Waals surface area contributed by atoms with Crippen molar-refractivity contribution in [3.63, 3.8) is 0 Å². The lowest BCUT2D eigenvalue weighted by molar-refractivity contribution is -0.136. The number of nitrogens with zero attached hydrogens (tertiary/aromatic N) is 2. The summed E-state index contributed by atoms with van der Waals surface area (Å²) in [5, 5.41) is 10.2. The lowest BCUT2D eigenvalue weighted by atomic mass is 9.89. The van der Waals surface area contributed by atoms with Crippen LogP contribution in [-0.4, -0.2) is 53.4 Å². The number of hydrogen-bond acceptors (Lipinski definition) is 3. The van der Waals surface area contributed by atoms with Crippen molar-refractivity contribution in [2.24, 2.45) is 0 Å². The van der Waals surface area contributed by atoms with Crippen LogP contribution in [0.1, 0.15) is 48.8 Å². The summed E-state index contributed by atoms with van der Waals surface area (Å²) >= 11 is 0. The molecule has 0 radical (unpaired) electrons. The molecule has 5 heteroatoms. The lowest BCUT2D eigenvalue weighted by Gasteiger charge is -2.32. The van der Waals surface area contributed by atoms with Crippen LogP contribution >= 0.6 is 0 Å². The standard InChI is InChI=1S/C28H36N2O3/c1-2-33-20-19-30-21-26(25-5-3-4-6-27(25)30)24-14-17-29(18-15-24)16-13-23-9-7-22(8-10-23)11-12-28(31)32/h3-10,21,24H,2,11-20H2,1H3,(H,31,32). The van der Waals surface area contributed by atoms with Gasteiger partial charge in [-0.3, -0.25) is 4.79 Å². The molecule has 1 N–H and O–H groups in total. The molecule has 0 unspecified atom stereocenters. The SMILES string of the molecule is CCOCCn1cc(C2CCN(CCc3ccc(CCC(=O)O)cc3)CC2)c2ccccc21. The molecule has 0 aliphatic carbocycles. The van der Waals surface area contributed by atoms with E-state index in [4.69, 9.17) is 9.84 Å². The molecule has 0 saturated carbocycles. The van der Waals surface area contributed by atoms with Crippen LogP contribution in [0.4, 0.5) is 0 Å². The van der Waals surface area contributed by atoms with E-state index in [2.05, 4.69) is 64.2 Å². The Balaban J connectivity index is 1.30. The van der Waals surface area contributed by atoms with E-state index >= 15 is 0 Å². The molecule has 1 aromatic heterocycles. The van der Waals surface area contributed by atoms with E-state index in [1.165, 1.54) is 34.9 Å². The van der Waals surface area contributed by atoms with Crippen molar-refractivity contribution < 1.29 is 14.6 Å². The van der Waals surface area contributed by atoms with Crippen molar-refractivity contribution in [1.82, 2.24) is 9.47 Å². The number of carbonyl (C=O) groups is 1. The van der Waals surface area contributed by atoms with Gasteiger partial charge in [-0.1, -0.05) is 42.5 Å². The highest BCUT2D eigenvalue weighted by molar-refractivity contribution is 5.84. The number of fused-ring (bicyclic) bond motifs is 1. The molecular weight excluding hydrogens is 412 g/mol. The molecule has 0 atom stereocenters. The summed E-state index contributed by atoms with van der Waals surface area (Å²) in [5.74, 6) is -0.120. The van der Waals surface area contributed by atoms with Crippen LogP contribution in [0.5, 0.6) is 0 Å². The van der Waals surface area contributed by atoms with E-state index < -0.39 is 5.97 Å². The normalized spacial score (nSPS) is 15.3. The van der Waals surface area contributed by atoms with Crippen molar-refractivity contribution in [2.45, 2.75) is 51.5 Å². The minimum atomic E-state index is -0.738. The smallest absolute Gasteiger partial charge is 0.303 e. The van der Waals surface area contributed by atoms with Crippen molar-refractivity contribution in [3.8, 4) is 0 Å². The Kier molecular flexibility index (Phi) is 8.19. The first kappa shape index (κ1) is 23.5. The number of likely N-dealkylation sites (tertiary alicyclic amines) is 1. The summed E-state index contributed by atoms with van der Waals surface area (Å²) in [6, 6.07) is 17.2. The molecule has 4 rings (SSSR count). The predicted octanol–water partition coefficient (Wildman–Crippen LogP) is 5.12. The molecule has 1 aliphatic rings. The first-order chi connectivity index (χ1) is 16.1. The van der Waals surface area contributed by atoms with E-state index in [1.54, 1.807) is 0 Å². The van der Waals surface area contributed by atoms with Gasteiger partial charge >= 0.3 is 5.97 Å². The fraction of sp³-hybridized carbons (Fsp3) is 0.464. The van der Waals surface area contributed by atoms with Crippen molar-refractivity contribution >= 4 is 16.9 Å². The quantitative estimate of drug-likeness (QED) is 0.414. The van der Waals surface area contributed by atoms with Crippen LogP contribution in [0.3, 0.4) is 0 Å². The summed E-state index contributed by atoms with van der Waals surface area (Å²) in [4.78, 5) is 13.3. The molecule has 0 bridgehead atoms. The average molecular weight is 449 g/mol. The van der Waals surface area contributed by atoms with E-state index in [0.29, 0.717) is 12.3 Å². The van der Waals surface area contributed by atoms with Crippen LogP contribution < -0.4 is 0 Å². The van der Waals surface area contributed by atoms with Crippen LogP contribution in [0, 0.1) is 0 Å². The number of aryl methyl sites for hydroxylation is 1. The molecule has 2 heterocycles. The maximum absolute atomic E-state index is 10.7. The van der Waals surface area contributed by atoms with Crippen molar-refractivity contribution in [1.29, 1.82) is 0 Å². The lowest BCUT2D eigenvalue weighted by Crippen LogP contribution is -2.34. The number of aliphatic carboxylic acids is 1. The van der Waals surface area contributed by atoms with E-state index in [9.17, 15) is 4.79 Å². The molecule has 1 saturated heterocycles. The summed E-state index contributed by atoms with van der Waals surface area (Å²) < 4.78 is 7.96. The van der Waals surface area contributed by atoms with Gasteiger partial charge in [0.25, 0.3) is 0 Å². The Bertz CT molecular complexity index is 1030. The van der Waals surface area contributed by atoms with Gasteiger partial charge in [-0.05, 0) is 74.4 Å². The highest BCUT2D eigenvalue weighted by atomic mass is 16.5. The van der Waals surface area contributed by atoms with Crippen LogP contribution in [0.25, 0.3) is 10.9 Å². The maximum atomic E-state index is 10.7. The second-order valence-corrected chi connectivity index (χ2v) is 9.07. The molecule has 2 aromatic carbocycles. The van der Waals surface area contributed by atoms with Crippen LogP contribution in [0.2, 0.25) is 0 Å².